The Hall–Kier alpha value is -3.46. The Kier molecular flexibility index (Phi) is 4.44. The van der Waals surface area contributed by atoms with Gasteiger partial charge in [-0.25, -0.2) is 8.42 Å². The molecule has 8 nitrogen and oxygen atoms in total. The fraction of sp³-hybridized carbons (Fsp3) is 0.105. The van der Waals surface area contributed by atoms with E-state index >= 15 is 0 Å². The van der Waals surface area contributed by atoms with Crippen molar-refractivity contribution in [3.8, 4) is 5.75 Å². The minimum atomic E-state index is -3.71. The van der Waals surface area contributed by atoms with Crippen molar-refractivity contribution in [3.05, 3.63) is 66.4 Å². The van der Waals surface area contributed by atoms with Crippen molar-refractivity contribution in [2.75, 3.05) is 28.7 Å². The van der Waals surface area contributed by atoms with Crippen LogP contribution in [0.2, 0.25) is 0 Å². The third kappa shape index (κ3) is 3.27. The molecule has 1 aliphatic heterocycles. The number of amidine groups is 1. The largest absolute Gasteiger partial charge is 0.497 e. The first-order valence-corrected chi connectivity index (χ1v) is 9.91. The molecule has 0 bridgehead atoms. The monoisotopic (exact) mass is 398 g/mol. The van der Waals surface area contributed by atoms with Gasteiger partial charge in [0.1, 0.15) is 11.6 Å². The number of hydrogen-bond donors (Lipinski definition) is 3. The number of furan rings is 1. The molecular weight excluding hydrogens is 380 g/mol. The molecule has 9 heteroatoms. The number of methoxy groups -OCH3 is 1. The third-order valence-electron chi connectivity index (χ3n) is 4.39. The molecule has 0 aliphatic carbocycles. The lowest BCUT2D eigenvalue weighted by Gasteiger charge is -2.29. The normalized spacial score (nSPS) is 13.6. The molecule has 144 valence electrons. The van der Waals surface area contributed by atoms with Gasteiger partial charge in [0.05, 0.1) is 30.5 Å². The molecule has 4 rings (SSSR count). The van der Waals surface area contributed by atoms with E-state index in [4.69, 9.17) is 14.6 Å². The number of sulfonamides is 1. The Morgan fingerprint density at radius 1 is 1.11 bits per heavy atom. The molecule has 0 fully saturated rings. The van der Waals surface area contributed by atoms with E-state index in [9.17, 15) is 8.42 Å². The van der Waals surface area contributed by atoms with Crippen LogP contribution in [0.25, 0.3) is 0 Å². The zero-order valence-corrected chi connectivity index (χ0v) is 15.8. The van der Waals surface area contributed by atoms with Gasteiger partial charge >= 0.3 is 0 Å². The van der Waals surface area contributed by atoms with Crippen LogP contribution in [0.1, 0.15) is 5.56 Å². The lowest BCUT2D eigenvalue weighted by Crippen LogP contribution is -2.39. The first kappa shape index (κ1) is 17.9. The number of benzene rings is 2. The van der Waals surface area contributed by atoms with E-state index in [0.717, 1.165) is 5.69 Å². The lowest BCUT2D eigenvalue weighted by atomic mass is 10.2. The molecule has 0 spiro atoms. The van der Waals surface area contributed by atoms with Gasteiger partial charge in [0, 0.05) is 11.4 Å². The second kappa shape index (κ2) is 6.93. The molecule has 0 atom stereocenters. The molecule has 0 amide bonds. The number of ether oxygens (including phenoxy) is 1. The van der Waals surface area contributed by atoms with Crippen molar-refractivity contribution in [1.29, 1.82) is 5.41 Å². The van der Waals surface area contributed by atoms with Gasteiger partial charge < -0.3 is 19.4 Å². The number of fused-ring (bicyclic) bond motifs is 1. The van der Waals surface area contributed by atoms with Crippen LogP contribution in [-0.4, -0.2) is 28.0 Å². The van der Waals surface area contributed by atoms with Crippen molar-refractivity contribution in [2.24, 2.45) is 0 Å². The van der Waals surface area contributed by atoms with Crippen LogP contribution < -0.4 is 19.7 Å². The topological polar surface area (TPSA) is 108 Å². The van der Waals surface area contributed by atoms with Crippen LogP contribution in [0.15, 0.2) is 70.2 Å². The van der Waals surface area contributed by atoms with Crippen LogP contribution >= 0.6 is 0 Å². The van der Waals surface area contributed by atoms with Crippen molar-refractivity contribution >= 4 is 33.1 Å². The number of anilines is 3. The SMILES string of the molecule is COc1ccc(S(=O)(=O)Nc2ccc(N3CNc4occc4C3=N)cc2)cc1. The van der Waals surface area contributed by atoms with E-state index in [1.165, 1.54) is 25.5 Å². The van der Waals surface area contributed by atoms with Crippen molar-refractivity contribution in [1.82, 2.24) is 0 Å². The van der Waals surface area contributed by atoms with Gasteiger partial charge in [0.15, 0.2) is 0 Å². The van der Waals surface area contributed by atoms with E-state index in [2.05, 4.69) is 10.0 Å². The van der Waals surface area contributed by atoms with Gasteiger partial charge in [-0.15, -0.1) is 0 Å². The van der Waals surface area contributed by atoms with Gasteiger partial charge in [0.25, 0.3) is 10.0 Å². The smallest absolute Gasteiger partial charge is 0.261 e. The fourth-order valence-electron chi connectivity index (χ4n) is 2.91. The molecule has 2 heterocycles. The summed E-state index contributed by atoms with van der Waals surface area (Å²) < 4.78 is 37.9. The maximum atomic E-state index is 12.5. The number of rotatable bonds is 5. The maximum Gasteiger partial charge on any atom is 0.261 e. The average Bonchev–Trinajstić information content (AvgIpc) is 3.19. The molecule has 0 saturated heterocycles. The summed E-state index contributed by atoms with van der Waals surface area (Å²) in [4.78, 5) is 1.91. The van der Waals surface area contributed by atoms with E-state index in [1.54, 1.807) is 47.4 Å². The number of nitrogens with one attached hydrogen (secondary N) is 3. The van der Waals surface area contributed by atoms with Gasteiger partial charge in [0.2, 0.25) is 5.88 Å². The standard InChI is InChI=1S/C19H18N4O4S/c1-26-15-6-8-16(9-7-15)28(24,25)22-13-2-4-14(5-3-13)23-12-21-19-17(18(23)20)10-11-27-19/h2-11,20-22H,12H2,1H3. The second-order valence-corrected chi connectivity index (χ2v) is 7.79. The zero-order chi connectivity index (χ0) is 19.7. The highest BCUT2D eigenvalue weighted by atomic mass is 32.2. The molecule has 0 saturated carbocycles. The summed E-state index contributed by atoms with van der Waals surface area (Å²) in [5.74, 6) is 1.47. The molecule has 1 aromatic heterocycles. The summed E-state index contributed by atoms with van der Waals surface area (Å²) in [5.41, 5.74) is 1.87. The van der Waals surface area contributed by atoms with Gasteiger partial charge in [-0.2, -0.15) is 0 Å². The first-order chi connectivity index (χ1) is 13.5. The summed E-state index contributed by atoms with van der Waals surface area (Å²) in [5, 5.41) is 11.4. The highest BCUT2D eigenvalue weighted by molar-refractivity contribution is 7.92. The highest BCUT2D eigenvalue weighted by Gasteiger charge is 2.24. The van der Waals surface area contributed by atoms with Crippen LogP contribution in [0, 0.1) is 5.41 Å². The summed E-state index contributed by atoms with van der Waals surface area (Å²) in [6, 6.07) is 14.7. The highest BCUT2D eigenvalue weighted by Crippen LogP contribution is 2.28. The van der Waals surface area contributed by atoms with Gasteiger partial charge in [-0.3, -0.25) is 10.1 Å². The molecule has 2 aromatic carbocycles. The van der Waals surface area contributed by atoms with Gasteiger partial charge in [-0.1, -0.05) is 0 Å². The summed E-state index contributed by atoms with van der Waals surface area (Å²) in [6.07, 6.45) is 1.53. The Morgan fingerprint density at radius 2 is 1.82 bits per heavy atom. The summed E-state index contributed by atoms with van der Waals surface area (Å²) >= 11 is 0. The van der Waals surface area contributed by atoms with E-state index in [0.29, 0.717) is 35.4 Å². The summed E-state index contributed by atoms with van der Waals surface area (Å²) in [6.45, 7) is 0.385. The quantitative estimate of drug-likeness (QED) is 0.609. The fourth-order valence-corrected chi connectivity index (χ4v) is 3.97. The Bertz CT molecular complexity index is 1110. The van der Waals surface area contributed by atoms with Gasteiger partial charge in [-0.05, 0) is 54.6 Å². The maximum absolute atomic E-state index is 12.5. The van der Waals surface area contributed by atoms with E-state index in [-0.39, 0.29) is 4.90 Å². The Balaban J connectivity index is 1.51. The predicted molar refractivity (Wildman–Crippen MR) is 107 cm³/mol. The van der Waals surface area contributed by atoms with E-state index < -0.39 is 10.0 Å². The van der Waals surface area contributed by atoms with E-state index in [1.807, 2.05) is 0 Å². The third-order valence-corrected chi connectivity index (χ3v) is 5.79. The second-order valence-electron chi connectivity index (χ2n) is 6.10. The zero-order valence-electron chi connectivity index (χ0n) is 15.0. The van der Waals surface area contributed by atoms with Crippen LogP contribution in [0.3, 0.4) is 0 Å². The molecule has 3 N–H and O–H groups in total. The molecular formula is C19H18N4O4S. The summed E-state index contributed by atoms with van der Waals surface area (Å²) in [7, 11) is -2.18. The van der Waals surface area contributed by atoms with Crippen molar-refractivity contribution < 1.29 is 17.6 Å². The molecule has 0 unspecified atom stereocenters. The van der Waals surface area contributed by atoms with Crippen molar-refractivity contribution in [2.45, 2.75) is 4.90 Å². The minimum Gasteiger partial charge on any atom is -0.497 e. The molecule has 1 aliphatic rings. The first-order valence-electron chi connectivity index (χ1n) is 8.43. The lowest BCUT2D eigenvalue weighted by molar-refractivity contribution is 0.414. The molecule has 28 heavy (non-hydrogen) atoms. The molecule has 3 aromatic rings. The average molecular weight is 398 g/mol. The predicted octanol–water partition coefficient (Wildman–Crippen LogP) is 3.30. The van der Waals surface area contributed by atoms with Crippen LogP contribution in [-0.2, 0) is 10.0 Å². The number of hydrogen-bond acceptors (Lipinski definition) is 6. The Morgan fingerprint density at radius 3 is 2.50 bits per heavy atom. The minimum absolute atomic E-state index is 0.145. The van der Waals surface area contributed by atoms with Crippen molar-refractivity contribution in [3.63, 3.8) is 0 Å². The molecule has 0 radical (unpaired) electrons. The van der Waals surface area contributed by atoms with Crippen LogP contribution in [0.4, 0.5) is 17.3 Å². The Labute approximate surface area is 162 Å². The number of nitrogens with zero attached hydrogens (tertiary/aromatic N) is 1. The van der Waals surface area contributed by atoms with Crippen LogP contribution in [0.5, 0.6) is 5.75 Å².